The average Bonchev–Trinajstić information content (AvgIpc) is 2.45. The van der Waals surface area contributed by atoms with Crippen molar-refractivity contribution in [1.29, 1.82) is 0 Å². The van der Waals surface area contributed by atoms with E-state index in [1.54, 1.807) is 0 Å². The first-order chi connectivity index (χ1) is 9.47. The van der Waals surface area contributed by atoms with E-state index in [-0.39, 0.29) is 0 Å². The molecule has 0 radical (unpaired) electrons. The standard InChI is InChI=1S/C16H33N3O/c1-5-14(11-17)10-16(20)19-8-6-15(7-9-19)12-18(4)13(2)3/h13-15H,5-12,17H2,1-4H3. The van der Waals surface area contributed by atoms with E-state index in [1.165, 1.54) is 0 Å². The van der Waals surface area contributed by atoms with Gasteiger partial charge in [0, 0.05) is 32.1 Å². The molecule has 1 atom stereocenters. The van der Waals surface area contributed by atoms with Crippen LogP contribution in [0.25, 0.3) is 0 Å². The summed E-state index contributed by atoms with van der Waals surface area (Å²) in [5, 5.41) is 0. The summed E-state index contributed by atoms with van der Waals surface area (Å²) in [6.07, 6.45) is 3.91. The second-order valence-electron chi connectivity index (χ2n) is 6.57. The maximum Gasteiger partial charge on any atom is 0.222 e. The highest BCUT2D eigenvalue weighted by Crippen LogP contribution is 2.20. The smallest absolute Gasteiger partial charge is 0.222 e. The molecular weight excluding hydrogens is 250 g/mol. The second-order valence-corrected chi connectivity index (χ2v) is 6.57. The lowest BCUT2D eigenvalue weighted by molar-refractivity contribution is -0.133. The van der Waals surface area contributed by atoms with Gasteiger partial charge in [0.15, 0.2) is 0 Å². The molecule has 118 valence electrons. The lowest BCUT2D eigenvalue weighted by Gasteiger charge is -2.35. The Morgan fingerprint density at radius 1 is 1.35 bits per heavy atom. The minimum absolute atomic E-state index is 0.304. The highest BCUT2D eigenvalue weighted by molar-refractivity contribution is 5.76. The van der Waals surface area contributed by atoms with E-state index < -0.39 is 0 Å². The van der Waals surface area contributed by atoms with Crippen LogP contribution in [0.5, 0.6) is 0 Å². The predicted molar refractivity (Wildman–Crippen MR) is 84.5 cm³/mol. The van der Waals surface area contributed by atoms with Crippen molar-refractivity contribution in [3.05, 3.63) is 0 Å². The second kappa shape index (κ2) is 8.63. The Hall–Kier alpha value is -0.610. The van der Waals surface area contributed by atoms with Gasteiger partial charge in [0.2, 0.25) is 5.91 Å². The van der Waals surface area contributed by atoms with Crippen LogP contribution in [0.3, 0.4) is 0 Å². The van der Waals surface area contributed by atoms with Gasteiger partial charge in [0.1, 0.15) is 0 Å². The fourth-order valence-electron chi connectivity index (χ4n) is 2.75. The molecule has 4 heteroatoms. The summed E-state index contributed by atoms with van der Waals surface area (Å²) < 4.78 is 0. The van der Waals surface area contributed by atoms with Crippen LogP contribution in [0.1, 0.15) is 46.5 Å². The van der Waals surface area contributed by atoms with Crippen LogP contribution in [0.4, 0.5) is 0 Å². The molecule has 1 fully saturated rings. The summed E-state index contributed by atoms with van der Waals surface area (Å²) in [5.41, 5.74) is 5.69. The Bertz CT molecular complexity index is 281. The molecule has 0 aromatic heterocycles. The summed E-state index contributed by atoms with van der Waals surface area (Å²) in [5.74, 6) is 1.40. The number of nitrogens with two attached hydrogens (primary N) is 1. The molecule has 1 saturated heterocycles. The zero-order valence-corrected chi connectivity index (χ0v) is 13.8. The van der Waals surface area contributed by atoms with Gasteiger partial charge >= 0.3 is 0 Å². The molecule has 4 nitrogen and oxygen atoms in total. The van der Waals surface area contributed by atoms with E-state index in [0.717, 1.165) is 44.8 Å². The molecule has 1 heterocycles. The van der Waals surface area contributed by atoms with Gasteiger partial charge in [-0.2, -0.15) is 0 Å². The molecule has 1 aliphatic rings. The summed E-state index contributed by atoms with van der Waals surface area (Å²) in [6, 6.07) is 0.601. The van der Waals surface area contributed by atoms with Crippen LogP contribution >= 0.6 is 0 Å². The van der Waals surface area contributed by atoms with E-state index in [4.69, 9.17) is 5.73 Å². The normalized spacial score (nSPS) is 18.9. The maximum absolute atomic E-state index is 12.2. The zero-order chi connectivity index (χ0) is 15.1. The Morgan fingerprint density at radius 2 is 1.95 bits per heavy atom. The average molecular weight is 283 g/mol. The number of hydrogen-bond donors (Lipinski definition) is 1. The molecule has 0 aromatic rings. The van der Waals surface area contributed by atoms with E-state index in [1.807, 2.05) is 4.90 Å². The van der Waals surface area contributed by atoms with Crippen molar-refractivity contribution in [1.82, 2.24) is 9.80 Å². The van der Waals surface area contributed by atoms with Crippen molar-refractivity contribution in [2.45, 2.75) is 52.5 Å². The van der Waals surface area contributed by atoms with Gasteiger partial charge in [-0.1, -0.05) is 13.3 Å². The van der Waals surface area contributed by atoms with Crippen molar-refractivity contribution < 1.29 is 4.79 Å². The number of amides is 1. The van der Waals surface area contributed by atoms with Crippen LogP contribution in [0, 0.1) is 11.8 Å². The van der Waals surface area contributed by atoms with Crippen molar-refractivity contribution in [2.24, 2.45) is 17.6 Å². The molecule has 0 aliphatic carbocycles. The first kappa shape index (κ1) is 17.4. The third-order valence-electron chi connectivity index (χ3n) is 4.77. The number of carbonyl (C=O) groups excluding carboxylic acids is 1. The summed E-state index contributed by atoms with van der Waals surface area (Å²) >= 11 is 0. The quantitative estimate of drug-likeness (QED) is 0.777. The number of nitrogens with zero attached hydrogens (tertiary/aromatic N) is 2. The van der Waals surface area contributed by atoms with Gasteiger partial charge in [0.25, 0.3) is 0 Å². The molecule has 20 heavy (non-hydrogen) atoms. The number of hydrogen-bond acceptors (Lipinski definition) is 3. The predicted octanol–water partition coefficient (Wildman–Crippen LogP) is 1.94. The Kier molecular flexibility index (Phi) is 7.52. The molecule has 2 N–H and O–H groups in total. The first-order valence-corrected chi connectivity index (χ1v) is 8.15. The van der Waals surface area contributed by atoms with Gasteiger partial charge in [-0.05, 0) is 52.1 Å². The molecule has 0 bridgehead atoms. The van der Waals surface area contributed by atoms with Crippen LogP contribution < -0.4 is 5.73 Å². The van der Waals surface area contributed by atoms with Crippen LogP contribution in [0.2, 0.25) is 0 Å². The van der Waals surface area contributed by atoms with E-state index >= 15 is 0 Å². The van der Waals surface area contributed by atoms with Gasteiger partial charge in [-0.25, -0.2) is 0 Å². The van der Waals surface area contributed by atoms with Crippen molar-refractivity contribution >= 4 is 5.91 Å². The number of likely N-dealkylation sites (tertiary alicyclic amines) is 1. The van der Waals surface area contributed by atoms with Crippen molar-refractivity contribution in [2.75, 3.05) is 33.2 Å². The van der Waals surface area contributed by atoms with E-state index in [0.29, 0.717) is 30.8 Å². The van der Waals surface area contributed by atoms with Gasteiger partial charge < -0.3 is 15.5 Å². The summed E-state index contributed by atoms with van der Waals surface area (Å²) in [7, 11) is 2.19. The summed E-state index contributed by atoms with van der Waals surface area (Å²) in [4.78, 5) is 16.7. The third kappa shape index (κ3) is 5.41. The van der Waals surface area contributed by atoms with Gasteiger partial charge in [-0.3, -0.25) is 4.79 Å². The molecule has 1 unspecified atom stereocenters. The fraction of sp³-hybridized carbons (Fsp3) is 0.938. The third-order valence-corrected chi connectivity index (χ3v) is 4.77. The molecule has 0 saturated carbocycles. The van der Waals surface area contributed by atoms with Crippen LogP contribution in [-0.4, -0.2) is 55.0 Å². The van der Waals surface area contributed by atoms with E-state index in [9.17, 15) is 4.79 Å². The van der Waals surface area contributed by atoms with Crippen molar-refractivity contribution in [3.63, 3.8) is 0 Å². The molecular formula is C16H33N3O. The van der Waals surface area contributed by atoms with Gasteiger partial charge in [-0.15, -0.1) is 0 Å². The number of piperidine rings is 1. The molecule has 1 rings (SSSR count). The highest BCUT2D eigenvalue weighted by atomic mass is 16.2. The highest BCUT2D eigenvalue weighted by Gasteiger charge is 2.25. The van der Waals surface area contributed by atoms with Crippen LogP contribution in [0.15, 0.2) is 0 Å². The maximum atomic E-state index is 12.2. The Balaban J connectivity index is 2.32. The minimum atomic E-state index is 0.304. The molecule has 0 spiro atoms. The Labute approximate surface area is 124 Å². The fourth-order valence-corrected chi connectivity index (χ4v) is 2.75. The minimum Gasteiger partial charge on any atom is -0.343 e. The lowest BCUT2D eigenvalue weighted by atomic mass is 9.94. The number of rotatable bonds is 7. The Morgan fingerprint density at radius 3 is 2.40 bits per heavy atom. The zero-order valence-electron chi connectivity index (χ0n) is 13.8. The topological polar surface area (TPSA) is 49.6 Å². The lowest BCUT2D eigenvalue weighted by Crippen LogP contribution is -2.42. The molecule has 0 aromatic carbocycles. The summed E-state index contributed by atoms with van der Waals surface area (Å²) in [6.45, 7) is 10.2. The van der Waals surface area contributed by atoms with Gasteiger partial charge in [0.05, 0.1) is 0 Å². The SMILES string of the molecule is CCC(CN)CC(=O)N1CCC(CN(C)C(C)C)CC1. The van der Waals surface area contributed by atoms with E-state index in [2.05, 4.69) is 32.7 Å². The molecule has 1 aliphatic heterocycles. The van der Waals surface area contributed by atoms with Crippen LogP contribution in [-0.2, 0) is 4.79 Å². The number of carbonyl (C=O) groups is 1. The van der Waals surface area contributed by atoms with Crippen molar-refractivity contribution in [3.8, 4) is 0 Å². The molecule has 1 amide bonds. The first-order valence-electron chi connectivity index (χ1n) is 8.15. The largest absolute Gasteiger partial charge is 0.343 e. The monoisotopic (exact) mass is 283 g/mol.